The van der Waals surface area contributed by atoms with E-state index in [0.29, 0.717) is 6.54 Å². The van der Waals surface area contributed by atoms with Crippen molar-refractivity contribution in [3.63, 3.8) is 0 Å². The number of rotatable bonds is 7. The van der Waals surface area contributed by atoms with Crippen LogP contribution in [0.5, 0.6) is 5.75 Å². The molecule has 1 N–H and O–H groups in total. The molecule has 1 rings (SSSR count). The van der Waals surface area contributed by atoms with Crippen molar-refractivity contribution < 1.29 is 9.53 Å². The molecule has 0 aliphatic carbocycles. The van der Waals surface area contributed by atoms with Crippen LogP contribution < -0.4 is 10.1 Å². The highest BCUT2D eigenvalue weighted by atomic mass is 16.5. The summed E-state index contributed by atoms with van der Waals surface area (Å²) in [4.78, 5) is 11.5. The highest BCUT2D eigenvalue weighted by Crippen LogP contribution is 2.28. The van der Waals surface area contributed by atoms with Gasteiger partial charge in [0.1, 0.15) is 5.75 Å². The lowest BCUT2D eigenvalue weighted by atomic mass is 9.96. The van der Waals surface area contributed by atoms with Crippen LogP contribution in [0.15, 0.2) is 47.6 Å². The number of nitrogens with one attached hydrogen (secondary N) is 1. The fourth-order valence-electron chi connectivity index (χ4n) is 2.64. The standard InChI is InChI=1S/C23H31NO2/c1-8-24-23(25)14-17(3)11-9-10-16(2)12-13-21-18(4)15-22(26-7)20(6)19(21)5/h9-15H,8H2,1-7H3,(H,24,25)/b11-9+,13-12-,16-10+,17-14+. The molecule has 140 valence electrons. The smallest absolute Gasteiger partial charge is 0.244 e. The minimum atomic E-state index is -0.0592. The Kier molecular flexibility index (Phi) is 8.63. The lowest BCUT2D eigenvalue weighted by Gasteiger charge is -2.13. The van der Waals surface area contributed by atoms with Gasteiger partial charge >= 0.3 is 0 Å². The van der Waals surface area contributed by atoms with Crippen LogP contribution in [0.2, 0.25) is 0 Å². The van der Waals surface area contributed by atoms with Crippen LogP contribution in [0.4, 0.5) is 0 Å². The topological polar surface area (TPSA) is 38.3 Å². The molecule has 26 heavy (non-hydrogen) atoms. The van der Waals surface area contributed by atoms with Crippen LogP contribution in [0.1, 0.15) is 43.0 Å². The Hall–Kier alpha value is -2.55. The van der Waals surface area contributed by atoms with Gasteiger partial charge in [-0.2, -0.15) is 0 Å². The number of methoxy groups -OCH3 is 1. The minimum Gasteiger partial charge on any atom is -0.496 e. The first-order valence-corrected chi connectivity index (χ1v) is 8.94. The molecule has 0 aliphatic heterocycles. The summed E-state index contributed by atoms with van der Waals surface area (Å²) in [5.41, 5.74) is 6.89. The van der Waals surface area contributed by atoms with Crippen molar-refractivity contribution >= 4 is 12.0 Å². The van der Waals surface area contributed by atoms with E-state index in [4.69, 9.17) is 4.74 Å². The molecule has 0 heterocycles. The van der Waals surface area contributed by atoms with Crippen LogP contribution in [0.3, 0.4) is 0 Å². The SMILES string of the molecule is CCNC(=O)/C=C(C)/C=C/C=C(C)/C=C\c1c(C)cc(OC)c(C)c1C. The molecule has 1 aromatic rings. The number of ether oxygens (including phenoxy) is 1. The van der Waals surface area contributed by atoms with Crippen molar-refractivity contribution in [3.8, 4) is 5.75 Å². The summed E-state index contributed by atoms with van der Waals surface area (Å²) in [6, 6.07) is 2.08. The van der Waals surface area contributed by atoms with E-state index in [9.17, 15) is 4.79 Å². The lowest BCUT2D eigenvalue weighted by Crippen LogP contribution is -2.20. The second-order valence-electron chi connectivity index (χ2n) is 6.45. The summed E-state index contributed by atoms with van der Waals surface area (Å²) in [7, 11) is 1.71. The van der Waals surface area contributed by atoms with Gasteiger partial charge in [0.05, 0.1) is 7.11 Å². The third-order valence-corrected chi connectivity index (χ3v) is 4.27. The van der Waals surface area contributed by atoms with Gasteiger partial charge < -0.3 is 10.1 Å². The van der Waals surface area contributed by atoms with Crippen LogP contribution in [0, 0.1) is 20.8 Å². The zero-order chi connectivity index (χ0) is 19.7. The summed E-state index contributed by atoms with van der Waals surface area (Å²) in [5.74, 6) is 0.873. The number of carbonyl (C=O) groups is 1. The van der Waals surface area contributed by atoms with Gasteiger partial charge in [-0.05, 0) is 75.4 Å². The Balaban J connectivity index is 2.89. The van der Waals surface area contributed by atoms with Gasteiger partial charge in [-0.15, -0.1) is 0 Å². The van der Waals surface area contributed by atoms with Crippen molar-refractivity contribution in [2.75, 3.05) is 13.7 Å². The number of amides is 1. The minimum absolute atomic E-state index is 0.0592. The molecule has 0 aliphatic rings. The second kappa shape index (κ2) is 10.4. The van der Waals surface area contributed by atoms with Gasteiger partial charge in [0.2, 0.25) is 5.91 Å². The summed E-state index contributed by atoms with van der Waals surface area (Å²) >= 11 is 0. The molecule has 0 aromatic heterocycles. The summed E-state index contributed by atoms with van der Waals surface area (Å²) < 4.78 is 5.43. The molecule has 0 saturated heterocycles. The maximum absolute atomic E-state index is 11.5. The Labute approximate surface area is 158 Å². The molecule has 0 saturated carbocycles. The molecule has 0 bridgehead atoms. The van der Waals surface area contributed by atoms with Crippen LogP contribution in [-0.2, 0) is 4.79 Å². The van der Waals surface area contributed by atoms with Crippen molar-refractivity contribution in [1.29, 1.82) is 0 Å². The summed E-state index contributed by atoms with van der Waals surface area (Å²) in [6.45, 7) is 12.8. The van der Waals surface area contributed by atoms with Gasteiger partial charge in [0, 0.05) is 12.6 Å². The monoisotopic (exact) mass is 353 g/mol. The molecule has 3 heteroatoms. The van der Waals surface area contributed by atoms with E-state index < -0.39 is 0 Å². The lowest BCUT2D eigenvalue weighted by molar-refractivity contribution is -0.116. The molecule has 0 fully saturated rings. The van der Waals surface area contributed by atoms with Gasteiger partial charge in [-0.25, -0.2) is 0 Å². The molecular weight excluding hydrogens is 322 g/mol. The van der Waals surface area contributed by atoms with Gasteiger partial charge in [-0.3, -0.25) is 4.79 Å². The van der Waals surface area contributed by atoms with Crippen molar-refractivity contribution in [3.05, 3.63) is 69.8 Å². The predicted octanol–water partition coefficient (Wildman–Crippen LogP) is 5.22. The van der Waals surface area contributed by atoms with E-state index in [1.807, 2.05) is 32.1 Å². The summed E-state index contributed by atoms with van der Waals surface area (Å²) in [6.07, 6.45) is 11.8. The number of aryl methyl sites for hydroxylation is 1. The molecule has 1 amide bonds. The number of benzene rings is 1. The van der Waals surface area contributed by atoms with E-state index in [1.165, 1.54) is 22.3 Å². The maximum Gasteiger partial charge on any atom is 0.244 e. The van der Waals surface area contributed by atoms with E-state index in [2.05, 4.69) is 51.2 Å². The van der Waals surface area contributed by atoms with Crippen LogP contribution in [0.25, 0.3) is 6.08 Å². The zero-order valence-corrected chi connectivity index (χ0v) is 17.1. The van der Waals surface area contributed by atoms with Crippen molar-refractivity contribution in [1.82, 2.24) is 5.32 Å². The number of hydrogen-bond acceptors (Lipinski definition) is 2. The predicted molar refractivity (Wildman–Crippen MR) is 112 cm³/mol. The van der Waals surface area contributed by atoms with E-state index >= 15 is 0 Å². The maximum atomic E-state index is 11.5. The molecule has 0 spiro atoms. The van der Waals surface area contributed by atoms with Crippen molar-refractivity contribution in [2.45, 2.75) is 41.5 Å². The average Bonchev–Trinajstić information content (AvgIpc) is 2.58. The van der Waals surface area contributed by atoms with E-state index in [-0.39, 0.29) is 5.91 Å². The molecule has 0 atom stereocenters. The fraction of sp³-hybridized carbons (Fsp3) is 0.348. The Bertz CT molecular complexity index is 765. The molecule has 3 nitrogen and oxygen atoms in total. The molecular formula is C23H31NO2. The highest BCUT2D eigenvalue weighted by molar-refractivity contribution is 5.88. The quantitative estimate of drug-likeness (QED) is 0.539. The van der Waals surface area contributed by atoms with E-state index in [0.717, 1.165) is 16.9 Å². The van der Waals surface area contributed by atoms with Gasteiger partial charge in [0.15, 0.2) is 0 Å². The number of carbonyl (C=O) groups excluding carboxylic acids is 1. The first kappa shape index (κ1) is 21.5. The molecule has 1 aromatic carbocycles. The first-order valence-electron chi connectivity index (χ1n) is 8.94. The van der Waals surface area contributed by atoms with Crippen LogP contribution >= 0.6 is 0 Å². The number of likely N-dealkylation sites (N-methyl/N-ethyl adjacent to an activating group) is 1. The zero-order valence-electron chi connectivity index (χ0n) is 17.1. The average molecular weight is 354 g/mol. The Morgan fingerprint density at radius 1 is 1.12 bits per heavy atom. The normalized spacial score (nSPS) is 12.9. The largest absolute Gasteiger partial charge is 0.496 e. The van der Waals surface area contributed by atoms with Gasteiger partial charge in [-0.1, -0.05) is 36.0 Å². The number of allylic oxidation sites excluding steroid dienone is 6. The molecule has 0 unspecified atom stereocenters. The van der Waals surface area contributed by atoms with Crippen molar-refractivity contribution in [2.24, 2.45) is 0 Å². The van der Waals surface area contributed by atoms with Gasteiger partial charge in [0.25, 0.3) is 0 Å². The third kappa shape index (κ3) is 6.40. The summed E-state index contributed by atoms with van der Waals surface area (Å²) in [5, 5.41) is 2.75. The fourth-order valence-corrected chi connectivity index (χ4v) is 2.64. The first-order chi connectivity index (χ1) is 12.3. The molecule has 0 radical (unpaired) electrons. The second-order valence-corrected chi connectivity index (χ2v) is 6.45. The third-order valence-electron chi connectivity index (χ3n) is 4.27. The Morgan fingerprint density at radius 3 is 2.42 bits per heavy atom. The Morgan fingerprint density at radius 2 is 1.81 bits per heavy atom. The highest BCUT2D eigenvalue weighted by Gasteiger charge is 2.08. The number of hydrogen-bond donors (Lipinski definition) is 1. The van der Waals surface area contributed by atoms with E-state index in [1.54, 1.807) is 13.2 Å². The van der Waals surface area contributed by atoms with Crippen LogP contribution in [-0.4, -0.2) is 19.6 Å².